The first-order chi connectivity index (χ1) is 8.31. The minimum absolute atomic E-state index is 0.00117. The lowest BCUT2D eigenvalue weighted by Crippen LogP contribution is -2.23. The van der Waals surface area contributed by atoms with Crippen molar-refractivity contribution in [2.24, 2.45) is 5.41 Å². The van der Waals surface area contributed by atoms with E-state index < -0.39 is 0 Å². The average molecular weight is 242 g/mol. The molecule has 18 heavy (non-hydrogen) atoms. The number of carbonyl (C=O) groups excluding carboxylic acids is 2. The van der Waals surface area contributed by atoms with Gasteiger partial charge in [-0.05, 0) is 18.8 Å². The largest absolute Gasteiger partial charge is 0.289 e. The van der Waals surface area contributed by atoms with Crippen LogP contribution in [0, 0.1) is 5.41 Å². The molecule has 0 aliphatic heterocycles. The molecule has 94 valence electrons. The highest BCUT2D eigenvalue weighted by atomic mass is 16.1. The number of carbonyl (C=O) groups is 2. The van der Waals surface area contributed by atoms with Gasteiger partial charge in [0.2, 0.25) is 0 Å². The normalized spacial score (nSPS) is 16.0. The second-order valence-electron chi connectivity index (χ2n) is 6.04. The van der Waals surface area contributed by atoms with Crippen LogP contribution in [0.25, 0.3) is 0 Å². The number of benzene rings is 1. The van der Waals surface area contributed by atoms with E-state index in [9.17, 15) is 9.59 Å². The molecule has 2 rings (SSSR count). The summed E-state index contributed by atoms with van der Waals surface area (Å²) in [4.78, 5) is 24.7. The van der Waals surface area contributed by atoms with Gasteiger partial charge in [-0.1, -0.05) is 45.0 Å². The molecule has 1 aromatic rings. The van der Waals surface area contributed by atoms with Crippen molar-refractivity contribution in [3.63, 3.8) is 0 Å². The van der Waals surface area contributed by atoms with E-state index in [1.54, 1.807) is 31.2 Å². The van der Waals surface area contributed by atoms with Crippen molar-refractivity contribution in [3.8, 4) is 0 Å². The summed E-state index contributed by atoms with van der Waals surface area (Å²) in [7, 11) is 0. The van der Waals surface area contributed by atoms with Gasteiger partial charge in [0.25, 0.3) is 0 Å². The summed E-state index contributed by atoms with van der Waals surface area (Å²) in [6, 6.07) is 7.07. The molecule has 0 spiro atoms. The van der Waals surface area contributed by atoms with Crippen LogP contribution < -0.4 is 0 Å². The fourth-order valence-corrected chi connectivity index (χ4v) is 2.29. The molecule has 0 heterocycles. The van der Waals surface area contributed by atoms with Gasteiger partial charge in [-0.25, -0.2) is 0 Å². The van der Waals surface area contributed by atoms with Crippen molar-refractivity contribution in [2.75, 3.05) is 0 Å². The van der Waals surface area contributed by atoms with E-state index in [-0.39, 0.29) is 17.0 Å². The molecule has 0 fully saturated rings. The molecule has 0 N–H and O–H groups in total. The van der Waals surface area contributed by atoms with Gasteiger partial charge >= 0.3 is 0 Å². The smallest absolute Gasteiger partial charge is 0.190 e. The van der Waals surface area contributed by atoms with Crippen molar-refractivity contribution in [1.82, 2.24) is 0 Å². The van der Waals surface area contributed by atoms with Crippen LogP contribution in [-0.4, -0.2) is 11.6 Å². The molecule has 0 aromatic heterocycles. The molecule has 0 saturated carbocycles. The van der Waals surface area contributed by atoms with E-state index in [0.29, 0.717) is 28.7 Å². The third kappa shape index (κ3) is 2.15. The summed E-state index contributed by atoms with van der Waals surface area (Å²) in [5.41, 5.74) is 2.36. The van der Waals surface area contributed by atoms with Crippen LogP contribution in [0.3, 0.4) is 0 Å². The molecule has 0 saturated heterocycles. The van der Waals surface area contributed by atoms with E-state index >= 15 is 0 Å². The Morgan fingerprint density at radius 3 is 1.94 bits per heavy atom. The molecule has 0 unspecified atom stereocenters. The maximum atomic E-state index is 12.4. The second-order valence-corrected chi connectivity index (χ2v) is 6.04. The van der Waals surface area contributed by atoms with E-state index in [4.69, 9.17) is 0 Å². The van der Waals surface area contributed by atoms with Crippen molar-refractivity contribution in [1.29, 1.82) is 0 Å². The summed E-state index contributed by atoms with van der Waals surface area (Å²) in [6.07, 6.45) is 0.637. The van der Waals surface area contributed by atoms with Crippen LogP contribution in [0.5, 0.6) is 0 Å². The Bertz CT molecular complexity index is 557. The van der Waals surface area contributed by atoms with Gasteiger partial charge in [-0.15, -0.1) is 0 Å². The molecule has 1 aromatic carbocycles. The third-order valence-corrected chi connectivity index (χ3v) is 3.19. The number of rotatable bonds is 1. The minimum Gasteiger partial charge on any atom is -0.289 e. The minimum atomic E-state index is -0.00977. The first-order valence-corrected chi connectivity index (χ1v) is 6.19. The summed E-state index contributed by atoms with van der Waals surface area (Å²) in [5.74, 6) is 0.00192. The maximum Gasteiger partial charge on any atom is 0.190 e. The van der Waals surface area contributed by atoms with Crippen molar-refractivity contribution < 1.29 is 9.59 Å². The van der Waals surface area contributed by atoms with Gasteiger partial charge in [-0.2, -0.15) is 0 Å². The second kappa shape index (κ2) is 4.20. The molecule has 1 aliphatic carbocycles. The third-order valence-electron chi connectivity index (χ3n) is 3.19. The first kappa shape index (κ1) is 12.7. The zero-order valence-corrected chi connectivity index (χ0v) is 11.3. The van der Waals surface area contributed by atoms with Crippen molar-refractivity contribution >= 4 is 11.6 Å². The Hall–Kier alpha value is -1.70. The maximum absolute atomic E-state index is 12.4. The van der Waals surface area contributed by atoms with Gasteiger partial charge < -0.3 is 0 Å². The molecule has 0 amide bonds. The highest BCUT2D eigenvalue weighted by Gasteiger charge is 2.31. The number of Topliss-reactive ketones (excluding diaryl/α,β-unsaturated/α-hetero) is 2. The van der Waals surface area contributed by atoms with Crippen LogP contribution in [0.2, 0.25) is 0 Å². The summed E-state index contributed by atoms with van der Waals surface area (Å²) in [6.45, 7) is 7.99. The first-order valence-electron chi connectivity index (χ1n) is 6.19. The van der Waals surface area contributed by atoms with Crippen LogP contribution in [-0.2, 0) is 0 Å². The lowest BCUT2D eigenvalue weighted by Gasteiger charge is -2.25. The summed E-state index contributed by atoms with van der Waals surface area (Å²) < 4.78 is 0. The van der Waals surface area contributed by atoms with Gasteiger partial charge in [0.05, 0.1) is 0 Å². The Morgan fingerprint density at radius 2 is 1.44 bits per heavy atom. The zero-order valence-electron chi connectivity index (χ0n) is 11.3. The number of hydrogen-bond donors (Lipinski definition) is 0. The number of fused-ring (bicyclic) bond motifs is 1. The zero-order chi connectivity index (χ0) is 13.5. The molecule has 0 radical (unpaired) electrons. The highest BCUT2D eigenvalue weighted by molar-refractivity contribution is 6.26. The van der Waals surface area contributed by atoms with Gasteiger partial charge in [0, 0.05) is 22.3 Å². The Balaban J connectivity index is 2.53. The van der Waals surface area contributed by atoms with Crippen LogP contribution >= 0.6 is 0 Å². The summed E-state index contributed by atoms with van der Waals surface area (Å²) in [5, 5.41) is 0. The molecule has 2 nitrogen and oxygen atoms in total. The standard InChI is InChI=1S/C16H18O2/c1-10-13(9-16(2,3)4)15(18)12-8-6-5-7-11(12)14(10)17/h5-8H,9H2,1-4H3. The lowest BCUT2D eigenvalue weighted by molar-refractivity contribution is 0.0967. The molecular weight excluding hydrogens is 224 g/mol. The molecule has 1 aliphatic rings. The van der Waals surface area contributed by atoms with Crippen LogP contribution in [0.1, 0.15) is 54.8 Å². The molecule has 2 heteroatoms. The number of ketones is 2. The fourth-order valence-electron chi connectivity index (χ4n) is 2.29. The molecule has 0 atom stereocenters. The van der Waals surface area contributed by atoms with Gasteiger partial charge in [-0.3, -0.25) is 9.59 Å². The molecule has 0 bridgehead atoms. The van der Waals surface area contributed by atoms with Crippen molar-refractivity contribution in [2.45, 2.75) is 34.1 Å². The Labute approximate surface area is 108 Å². The predicted molar refractivity (Wildman–Crippen MR) is 71.9 cm³/mol. The van der Waals surface area contributed by atoms with E-state index in [2.05, 4.69) is 20.8 Å². The van der Waals surface area contributed by atoms with E-state index in [1.807, 2.05) is 0 Å². The predicted octanol–water partition coefficient (Wildman–Crippen LogP) is 3.82. The number of allylic oxidation sites excluding steroid dienone is 2. The van der Waals surface area contributed by atoms with Gasteiger partial charge in [0.15, 0.2) is 11.6 Å². The fraction of sp³-hybridized carbons (Fsp3) is 0.375. The summed E-state index contributed by atoms with van der Waals surface area (Å²) >= 11 is 0. The highest BCUT2D eigenvalue weighted by Crippen LogP contribution is 2.33. The lowest BCUT2D eigenvalue weighted by atomic mass is 9.77. The molecular formula is C16H18O2. The topological polar surface area (TPSA) is 34.1 Å². The SMILES string of the molecule is CC1=C(CC(C)(C)C)C(=O)c2ccccc2C1=O. The number of hydrogen-bond acceptors (Lipinski definition) is 2. The Morgan fingerprint density at radius 1 is 0.944 bits per heavy atom. The van der Waals surface area contributed by atoms with E-state index in [0.717, 1.165) is 0 Å². The van der Waals surface area contributed by atoms with Crippen LogP contribution in [0.15, 0.2) is 35.4 Å². The van der Waals surface area contributed by atoms with E-state index in [1.165, 1.54) is 0 Å². The average Bonchev–Trinajstić information content (AvgIpc) is 2.31. The monoisotopic (exact) mass is 242 g/mol. The van der Waals surface area contributed by atoms with Crippen molar-refractivity contribution in [3.05, 3.63) is 46.5 Å². The van der Waals surface area contributed by atoms with Crippen LogP contribution in [0.4, 0.5) is 0 Å². The quantitative estimate of drug-likeness (QED) is 0.750. The Kier molecular flexibility index (Phi) is 2.97. The van der Waals surface area contributed by atoms with Gasteiger partial charge in [0.1, 0.15) is 0 Å².